The van der Waals surface area contributed by atoms with Gasteiger partial charge in [-0.05, 0) is 29.0 Å². The minimum Gasteiger partial charge on any atom is -0.288 e. The summed E-state index contributed by atoms with van der Waals surface area (Å²) in [4.78, 5) is 16.4. The number of thiol groups is 1. The van der Waals surface area contributed by atoms with Gasteiger partial charge in [0.1, 0.15) is 5.69 Å². The van der Waals surface area contributed by atoms with Gasteiger partial charge in [0.25, 0.3) is 5.91 Å². The number of hydrogen-bond donors (Lipinski definition) is 2. The maximum Gasteiger partial charge on any atom is 0.281 e. The lowest BCUT2D eigenvalue weighted by molar-refractivity contribution is 0.0980. The van der Waals surface area contributed by atoms with Crippen LogP contribution in [0.25, 0.3) is 0 Å². The number of pyridine rings is 1. The lowest BCUT2D eigenvalue weighted by Gasteiger charge is -2.32. The van der Waals surface area contributed by atoms with Crippen molar-refractivity contribution in [3.63, 3.8) is 0 Å². The Labute approximate surface area is 112 Å². The van der Waals surface area contributed by atoms with E-state index in [-0.39, 0.29) is 16.9 Å². The van der Waals surface area contributed by atoms with E-state index in [0.717, 1.165) is 25.7 Å². The molecule has 4 nitrogen and oxygen atoms in total. The van der Waals surface area contributed by atoms with Gasteiger partial charge in [0, 0.05) is 11.4 Å². The predicted octanol–water partition coefficient (Wildman–Crippen LogP) is 2.10. The Bertz CT molecular complexity index is 555. The second-order valence-corrected chi connectivity index (χ2v) is 8.10. The molecule has 1 aromatic rings. The van der Waals surface area contributed by atoms with Crippen molar-refractivity contribution in [3.05, 3.63) is 23.0 Å². The van der Waals surface area contributed by atoms with Crippen LogP contribution < -0.4 is 4.72 Å². The summed E-state index contributed by atoms with van der Waals surface area (Å²) in [5, 5.41) is 0.484. The Hall–Kier alpha value is -0.940. The van der Waals surface area contributed by atoms with Gasteiger partial charge in [-0.15, -0.1) is 0 Å². The molecule has 1 fully saturated rings. The number of nitrogens with zero attached hydrogens (tertiary/aromatic N) is 1. The van der Waals surface area contributed by atoms with Gasteiger partial charge >= 0.3 is 0 Å². The standard InChI is InChI=1S/C12H15ClN2O2S/c13-8-6-10-11(14-7-8)12(16)15-18(10,17)9-4-2-1-3-5-9/h6-7,9,18H,1-5H2,(H,15,16,17). The Morgan fingerprint density at radius 1 is 1.33 bits per heavy atom. The van der Waals surface area contributed by atoms with E-state index in [9.17, 15) is 9.00 Å². The van der Waals surface area contributed by atoms with Crippen LogP contribution in [0.4, 0.5) is 0 Å². The smallest absolute Gasteiger partial charge is 0.281 e. The van der Waals surface area contributed by atoms with E-state index in [2.05, 4.69) is 9.71 Å². The quantitative estimate of drug-likeness (QED) is 0.777. The first-order valence-corrected chi connectivity index (χ1v) is 8.35. The van der Waals surface area contributed by atoms with Crippen molar-refractivity contribution in [2.45, 2.75) is 42.2 Å². The highest BCUT2D eigenvalue weighted by Crippen LogP contribution is 2.37. The normalized spacial score (nSPS) is 24.4. The number of hydrogen-bond acceptors (Lipinski definition) is 3. The summed E-state index contributed by atoms with van der Waals surface area (Å²) in [6, 6.07) is 1.64. The van der Waals surface area contributed by atoms with Crippen molar-refractivity contribution in [2.75, 3.05) is 0 Å². The first-order valence-electron chi connectivity index (χ1n) is 6.20. The zero-order valence-corrected chi connectivity index (χ0v) is 11.5. The molecule has 18 heavy (non-hydrogen) atoms. The Kier molecular flexibility index (Phi) is 2.90. The monoisotopic (exact) mass is 286 g/mol. The third-order valence-corrected chi connectivity index (χ3v) is 7.11. The molecule has 6 heteroatoms. The van der Waals surface area contributed by atoms with E-state index in [1.54, 1.807) is 6.07 Å². The number of carbonyl (C=O) groups is 1. The average Bonchev–Trinajstić information content (AvgIpc) is 2.63. The maximum absolute atomic E-state index is 13.1. The van der Waals surface area contributed by atoms with Crippen molar-refractivity contribution in [1.82, 2.24) is 9.71 Å². The van der Waals surface area contributed by atoms with Crippen LogP contribution in [0.3, 0.4) is 0 Å². The fourth-order valence-electron chi connectivity index (χ4n) is 2.85. The Morgan fingerprint density at radius 3 is 2.78 bits per heavy atom. The summed E-state index contributed by atoms with van der Waals surface area (Å²) in [5.74, 6) is -0.324. The van der Waals surface area contributed by atoms with Gasteiger partial charge in [0.15, 0.2) is 0 Å². The number of carbonyl (C=O) groups excluding carboxylic acids is 1. The van der Waals surface area contributed by atoms with Gasteiger partial charge in [0.2, 0.25) is 0 Å². The summed E-state index contributed by atoms with van der Waals surface area (Å²) in [6.07, 6.45) is 6.58. The third-order valence-electron chi connectivity index (χ3n) is 3.76. The maximum atomic E-state index is 13.1. The summed E-state index contributed by atoms with van der Waals surface area (Å²) < 4.78 is 15.8. The largest absolute Gasteiger partial charge is 0.288 e. The van der Waals surface area contributed by atoms with Gasteiger partial charge < -0.3 is 0 Å². The van der Waals surface area contributed by atoms with Crippen LogP contribution in [0.1, 0.15) is 42.6 Å². The molecule has 2 aliphatic rings. The van der Waals surface area contributed by atoms with E-state index in [4.69, 9.17) is 11.6 Å². The minimum atomic E-state index is -2.86. The van der Waals surface area contributed by atoms with Crippen LogP contribution in [0.2, 0.25) is 5.02 Å². The predicted molar refractivity (Wildman–Crippen MR) is 71.4 cm³/mol. The second kappa shape index (κ2) is 4.31. The van der Waals surface area contributed by atoms with Crippen LogP contribution in [-0.4, -0.2) is 20.3 Å². The van der Waals surface area contributed by atoms with E-state index < -0.39 is 10.1 Å². The number of aromatic nitrogens is 1. The van der Waals surface area contributed by atoms with Gasteiger partial charge in [-0.2, -0.15) is 0 Å². The molecule has 0 atom stereocenters. The Balaban J connectivity index is 2.07. The molecule has 3 rings (SSSR count). The molecule has 0 saturated heterocycles. The first kappa shape index (κ1) is 12.1. The van der Waals surface area contributed by atoms with Crippen LogP contribution in [0.5, 0.6) is 0 Å². The fourth-order valence-corrected chi connectivity index (χ4v) is 6.09. The van der Waals surface area contributed by atoms with Crippen molar-refractivity contribution < 1.29 is 9.00 Å². The SMILES string of the molecule is O=C1N[SH](=O)(C2CCCCC2)c2cc(Cl)cnc21. The number of fused-ring (bicyclic) bond motifs is 1. The lowest BCUT2D eigenvalue weighted by atomic mass is 10.0. The molecule has 1 N–H and O–H groups in total. The highest BCUT2D eigenvalue weighted by molar-refractivity contribution is 8.02. The lowest BCUT2D eigenvalue weighted by Crippen LogP contribution is -2.40. The molecule has 0 radical (unpaired) electrons. The first-order chi connectivity index (χ1) is 8.61. The van der Waals surface area contributed by atoms with E-state index in [1.807, 2.05) is 0 Å². The van der Waals surface area contributed by atoms with E-state index in [0.29, 0.717) is 9.92 Å². The number of rotatable bonds is 1. The van der Waals surface area contributed by atoms with Crippen molar-refractivity contribution >= 4 is 27.6 Å². The molecule has 0 spiro atoms. The van der Waals surface area contributed by atoms with Crippen LogP contribution >= 0.6 is 11.6 Å². The van der Waals surface area contributed by atoms with Crippen molar-refractivity contribution in [2.24, 2.45) is 0 Å². The average molecular weight is 287 g/mol. The molecular formula is C12H15ClN2O2S. The molecule has 1 saturated carbocycles. The van der Waals surface area contributed by atoms with Gasteiger partial charge in [0.05, 0.1) is 9.92 Å². The zero-order chi connectivity index (χ0) is 12.8. The summed E-state index contributed by atoms with van der Waals surface area (Å²) in [6.45, 7) is 0. The molecule has 2 heterocycles. The topological polar surface area (TPSA) is 59.1 Å². The minimum absolute atomic E-state index is 0.0525. The van der Waals surface area contributed by atoms with Crippen molar-refractivity contribution in [1.29, 1.82) is 0 Å². The fraction of sp³-hybridized carbons (Fsp3) is 0.500. The van der Waals surface area contributed by atoms with Gasteiger partial charge in [-0.1, -0.05) is 30.9 Å². The molecule has 0 unspecified atom stereocenters. The Morgan fingerprint density at radius 2 is 2.06 bits per heavy atom. The molecule has 0 aromatic carbocycles. The molecule has 98 valence electrons. The molecule has 1 amide bonds. The van der Waals surface area contributed by atoms with Crippen molar-refractivity contribution in [3.8, 4) is 0 Å². The highest BCUT2D eigenvalue weighted by atomic mass is 35.5. The summed E-state index contributed by atoms with van der Waals surface area (Å²) in [7, 11) is -2.86. The summed E-state index contributed by atoms with van der Waals surface area (Å²) >= 11 is 5.91. The molecule has 0 bridgehead atoms. The van der Waals surface area contributed by atoms with E-state index >= 15 is 0 Å². The molecular weight excluding hydrogens is 272 g/mol. The van der Waals surface area contributed by atoms with Crippen LogP contribution in [-0.2, 0) is 10.1 Å². The summed E-state index contributed by atoms with van der Waals surface area (Å²) in [5.41, 5.74) is 0.285. The van der Waals surface area contributed by atoms with Crippen LogP contribution in [0, 0.1) is 0 Å². The van der Waals surface area contributed by atoms with Crippen LogP contribution in [0.15, 0.2) is 17.2 Å². The second-order valence-electron chi connectivity index (χ2n) is 4.91. The third kappa shape index (κ3) is 1.77. The van der Waals surface area contributed by atoms with Gasteiger partial charge in [-0.25, -0.2) is 4.98 Å². The number of halogens is 1. The molecule has 1 aromatic heterocycles. The number of nitrogens with one attached hydrogen (secondary N) is 1. The highest BCUT2D eigenvalue weighted by Gasteiger charge is 2.40. The molecule has 1 aliphatic heterocycles. The van der Waals surface area contributed by atoms with E-state index in [1.165, 1.54) is 12.6 Å². The zero-order valence-electron chi connectivity index (χ0n) is 9.86. The van der Waals surface area contributed by atoms with Gasteiger partial charge in [-0.3, -0.25) is 13.7 Å². The number of amides is 1. The molecule has 1 aliphatic carbocycles.